The number of amides is 1. The topological polar surface area (TPSA) is 74.8 Å². The number of ketones is 1. The average molecular weight is 433 g/mol. The molecule has 0 unspecified atom stereocenters. The largest absolute Gasteiger partial charge is 0.340 e. The van der Waals surface area contributed by atoms with Crippen LogP contribution in [0.5, 0.6) is 0 Å². The number of halogens is 1. The van der Waals surface area contributed by atoms with Crippen LogP contribution in [0, 0.1) is 19.7 Å². The Morgan fingerprint density at radius 3 is 2.30 bits per heavy atom. The van der Waals surface area contributed by atoms with Gasteiger partial charge in [-0.05, 0) is 37.6 Å². The number of carbonyl (C=O) groups is 2. The number of Topliss-reactive ketones (excluding diaryl/α,β-unsaturated/α-hetero) is 1. The van der Waals surface area contributed by atoms with Gasteiger partial charge in [-0.3, -0.25) is 9.59 Å². The van der Waals surface area contributed by atoms with E-state index in [1.807, 2.05) is 32.0 Å². The highest BCUT2D eigenvalue weighted by molar-refractivity contribution is 7.89. The molecule has 2 aromatic carbocycles. The lowest BCUT2D eigenvalue weighted by molar-refractivity contribution is -0.132. The second-order valence-corrected chi connectivity index (χ2v) is 9.36. The molecule has 0 bridgehead atoms. The molecule has 0 aliphatic carbocycles. The molecule has 1 amide bonds. The van der Waals surface area contributed by atoms with Gasteiger partial charge in [-0.25, -0.2) is 12.8 Å². The zero-order valence-corrected chi connectivity index (χ0v) is 17.9. The van der Waals surface area contributed by atoms with E-state index in [0.717, 1.165) is 17.2 Å². The summed E-state index contributed by atoms with van der Waals surface area (Å²) < 4.78 is 40.4. The van der Waals surface area contributed by atoms with Gasteiger partial charge >= 0.3 is 0 Å². The van der Waals surface area contributed by atoms with Crippen molar-refractivity contribution in [2.45, 2.75) is 31.6 Å². The van der Waals surface area contributed by atoms with Crippen LogP contribution in [0.1, 0.15) is 34.3 Å². The molecule has 0 saturated carbocycles. The molecule has 2 aromatic rings. The maximum absolute atomic E-state index is 13.9. The smallest absolute Gasteiger partial charge is 0.246 e. The summed E-state index contributed by atoms with van der Waals surface area (Å²) in [6, 6.07) is 10.9. The maximum atomic E-state index is 13.9. The second-order valence-electron chi connectivity index (χ2n) is 7.46. The second kappa shape index (κ2) is 9.06. The molecule has 8 heteroatoms. The van der Waals surface area contributed by atoms with Gasteiger partial charge in [-0.2, -0.15) is 4.31 Å². The molecule has 0 aromatic heterocycles. The molecule has 1 fully saturated rings. The zero-order valence-electron chi connectivity index (χ0n) is 17.1. The predicted molar refractivity (Wildman–Crippen MR) is 111 cm³/mol. The lowest BCUT2D eigenvalue weighted by Crippen LogP contribution is -2.50. The Morgan fingerprint density at radius 2 is 1.63 bits per heavy atom. The normalized spacial score (nSPS) is 15.2. The first-order chi connectivity index (χ1) is 14.2. The Hall–Kier alpha value is -2.58. The number of nitrogens with zero attached hydrogens (tertiary/aromatic N) is 2. The molecular formula is C22H25FN2O4S. The van der Waals surface area contributed by atoms with Crippen molar-refractivity contribution in [3.8, 4) is 0 Å². The van der Waals surface area contributed by atoms with Gasteiger partial charge in [0.15, 0.2) is 5.78 Å². The number of piperazine rings is 1. The molecule has 0 N–H and O–H groups in total. The minimum Gasteiger partial charge on any atom is -0.340 e. The first-order valence-electron chi connectivity index (χ1n) is 9.83. The molecule has 160 valence electrons. The summed E-state index contributed by atoms with van der Waals surface area (Å²) in [4.78, 5) is 26.2. The molecule has 0 radical (unpaired) electrons. The Labute approximate surface area is 176 Å². The van der Waals surface area contributed by atoms with Gasteiger partial charge in [0.1, 0.15) is 10.7 Å². The third-order valence-electron chi connectivity index (χ3n) is 5.31. The fraction of sp³-hybridized carbons (Fsp3) is 0.364. The van der Waals surface area contributed by atoms with Gasteiger partial charge in [-0.1, -0.05) is 29.8 Å². The van der Waals surface area contributed by atoms with E-state index in [1.54, 1.807) is 4.90 Å². The van der Waals surface area contributed by atoms with Gasteiger partial charge in [0, 0.05) is 44.6 Å². The summed E-state index contributed by atoms with van der Waals surface area (Å²) in [5.41, 5.74) is 2.50. The maximum Gasteiger partial charge on any atom is 0.246 e. The van der Waals surface area contributed by atoms with E-state index in [-0.39, 0.29) is 55.6 Å². The van der Waals surface area contributed by atoms with Crippen molar-refractivity contribution in [2.75, 3.05) is 26.2 Å². The van der Waals surface area contributed by atoms with Crippen LogP contribution in [0.2, 0.25) is 0 Å². The molecule has 1 aliphatic heterocycles. The van der Waals surface area contributed by atoms with Crippen LogP contribution in [-0.4, -0.2) is 55.5 Å². The SMILES string of the molecule is Cc1ccc(C)c(C(=O)CCC(=O)N2CCN(S(=O)(=O)c3ccccc3F)CC2)c1. The van der Waals surface area contributed by atoms with Crippen molar-refractivity contribution in [3.63, 3.8) is 0 Å². The Balaban J connectivity index is 1.56. The first-order valence-corrected chi connectivity index (χ1v) is 11.3. The summed E-state index contributed by atoms with van der Waals surface area (Å²) in [6.07, 6.45) is 0.184. The summed E-state index contributed by atoms with van der Waals surface area (Å²) in [6.45, 7) is 4.38. The van der Waals surface area contributed by atoms with E-state index < -0.39 is 15.8 Å². The molecule has 3 rings (SSSR count). The van der Waals surface area contributed by atoms with E-state index in [2.05, 4.69) is 0 Å². The highest BCUT2D eigenvalue weighted by Gasteiger charge is 2.31. The number of rotatable bonds is 6. The third kappa shape index (κ3) is 4.76. The van der Waals surface area contributed by atoms with E-state index in [4.69, 9.17) is 0 Å². The van der Waals surface area contributed by atoms with Gasteiger partial charge in [0.25, 0.3) is 0 Å². The Bertz CT molecular complexity index is 1060. The van der Waals surface area contributed by atoms with Crippen LogP contribution in [0.15, 0.2) is 47.4 Å². The minimum absolute atomic E-state index is 0.0757. The number of sulfonamides is 1. The molecule has 1 heterocycles. The van der Waals surface area contributed by atoms with Crippen LogP contribution in [0.4, 0.5) is 4.39 Å². The molecule has 30 heavy (non-hydrogen) atoms. The molecule has 1 saturated heterocycles. The molecular weight excluding hydrogens is 407 g/mol. The van der Waals surface area contributed by atoms with Gasteiger partial charge in [0.05, 0.1) is 0 Å². The van der Waals surface area contributed by atoms with Crippen LogP contribution < -0.4 is 0 Å². The predicted octanol–water partition coefficient (Wildman–Crippen LogP) is 2.94. The minimum atomic E-state index is -3.95. The fourth-order valence-electron chi connectivity index (χ4n) is 3.52. The number of hydrogen-bond donors (Lipinski definition) is 0. The molecule has 6 nitrogen and oxygen atoms in total. The summed E-state index contributed by atoms with van der Waals surface area (Å²) in [5, 5.41) is 0. The van der Waals surface area contributed by atoms with Crippen molar-refractivity contribution < 1.29 is 22.4 Å². The third-order valence-corrected chi connectivity index (χ3v) is 7.24. The number of aryl methyl sites for hydroxylation is 2. The lowest BCUT2D eigenvalue weighted by atomic mass is 9.99. The molecule has 0 spiro atoms. The van der Waals surface area contributed by atoms with Gasteiger partial charge in [0.2, 0.25) is 15.9 Å². The Kier molecular flexibility index (Phi) is 6.67. The Morgan fingerprint density at radius 1 is 0.967 bits per heavy atom. The summed E-state index contributed by atoms with van der Waals surface area (Å²) >= 11 is 0. The van der Waals surface area contributed by atoms with Crippen molar-refractivity contribution >= 4 is 21.7 Å². The van der Waals surface area contributed by atoms with Crippen LogP contribution >= 0.6 is 0 Å². The van der Waals surface area contributed by atoms with Crippen LogP contribution in [-0.2, 0) is 14.8 Å². The fourth-order valence-corrected chi connectivity index (χ4v) is 5.01. The quantitative estimate of drug-likeness (QED) is 0.658. The van der Waals surface area contributed by atoms with Crippen LogP contribution in [0.25, 0.3) is 0 Å². The molecule has 1 aliphatic rings. The number of benzene rings is 2. The van der Waals surface area contributed by atoms with Crippen molar-refractivity contribution in [1.82, 2.24) is 9.21 Å². The monoisotopic (exact) mass is 432 g/mol. The highest BCUT2D eigenvalue weighted by Crippen LogP contribution is 2.21. The van der Waals surface area contributed by atoms with Gasteiger partial charge in [-0.15, -0.1) is 0 Å². The standard InChI is InChI=1S/C22H25FN2O4S/c1-16-7-8-17(2)18(15-16)20(26)9-10-22(27)24-11-13-25(14-12-24)30(28,29)21-6-4-3-5-19(21)23/h3-8,15H,9-14H2,1-2H3. The lowest BCUT2D eigenvalue weighted by Gasteiger charge is -2.34. The zero-order chi connectivity index (χ0) is 21.9. The van der Waals surface area contributed by atoms with Crippen molar-refractivity contribution in [1.29, 1.82) is 0 Å². The van der Waals surface area contributed by atoms with E-state index >= 15 is 0 Å². The van der Waals surface area contributed by atoms with E-state index in [0.29, 0.717) is 5.56 Å². The number of hydrogen-bond acceptors (Lipinski definition) is 4. The molecule has 0 atom stereocenters. The van der Waals surface area contributed by atoms with Crippen LogP contribution in [0.3, 0.4) is 0 Å². The first kappa shape index (κ1) is 22.1. The van der Waals surface area contributed by atoms with E-state index in [1.165, 1.54) is 22.5 Å². The van der Waals surface area contributed by atoms with E-state index in [9.17, 15) is 22.4 Å². The summed E-state index contributed by atoms with van der Waals surface area (Å²) in [7, 11) is -3.95. The van der Waals surface area contributed by atoms with Crippen molar-refractivity contribution in [2.24, 2.45) is 0 Å². The number of carbonyl (C=O) groups excluding carboxylic acids is 2. The average Bonchev–Trinajstić information content (AvgIpc) is 2.73. The highest BCUT2D eigenvalue weighted by atomic mass is 32.2. The summed E-state index contributed by atoms with van der Waals surface area (Å²) in [5.74, 6) is -1.05. The van der Waals surface area contributed by atoms with Crippen molar-refractivity contribution in [3.05, 3.63) is 65.0 Å². The van der Waals surface area contributed by atoms with Gasteiger partial charge < -0.3 is 4.90 Å².